The average Bonchev–Trinajstić information content (AvgIpc) is 2.66. The SMILES string of the molecule is Cc1[nH]c2ccc(Cc3ccnc(Cl)n3)cc2c1C. The molecule has 0 spiro atoms. The summed E-state index contributed by atoms with van der Waals surface area (Å²) in [5, 5.41) is 1.57. The molecule has 4 heteroatoms. The molecule has 0 atom stereocenters. The highest BCUT2D eigenvalue weighted by Gasteiger charge is 2.06. The maximum absolute atomic E-state index is 5.81. The first-order valence-corrected chi connectivity index (χ1v) is 6.56. The highest BCUT2D eigenvalue weighted by molar-refractivity contribution is 6.28. The fraction of sp³-hybridized carbons (Fsp3) is 0.200. The van der Waals surface area contributed by atoms with E-state index in [0.29, 0.717) is 5.28 Å². The van der Waals surface area contributed by atoms with Gasteiger partial charge in [0.15, 0.2) is 0 Å². The summed E-state index contributed by atoms with van der Waals surface area (Å²) in [6.45, 7) is 4.23. The molecule has 0 aliphatic heterocycles. The van der Waals surface area contributed by atoms with Crippen LogP contribution in [0.25, 0.3) is 10.9 Å². The van der Waals surface area contributed by atoms with Gasteiger partial charge in [-0.3, -0.25) is 0 Å². The quantitative estimate of drug-likeness (QED) is 0.720. The van der Waals surface area contributed by atoms with Gasteiger partial charge >= 0.3 is 0 Å². The average molecular weight is 272 g/mol. The molecule has 0 amide bonds. The molecule has 0 unspecified atom stereocenters. The third-order valence-electron chi connectivity index (χ3n) is 3.44. The molecule has 0 radical (unpaired) electrons. The lowest BCUT2D eigenvalue weighted by Crippen LogP contribution is -1.93. The van der Waals surface area contributed by atoms with E-state index in [-0.39, 0.29) is 0 Å². The summed E-state index contributed by atoms with van der Waals surface area (Å²) in [5.41, 5.74) is 5.86. The number of nitrogens with one attached hydrogen (secondary N) is 1. The molecular weight excluding hydrogens is 258 g/mol. The number of benzene rings is 1. The van der Waals surface area contributed by atoms with Gasteiger partial charge in [0.1, 0.15) is 0 Å². The molecule has 19 heavy (non-hydrogen) atoms. The second kappa shape index (κ2) is 4.67. The van der Waals surface area contributed by atoms with Crippen LogP contribution >= 0.6 is 11.6 Å². The number of aryl methyl sites for hydroxylation is 2. The van der Waals surface area contributed by atoms with E-state index in [1.54, 1.807) is 6.20 Å². The number of rotatable bonds is 2. The summed E-state index contributed by atoms with van der Waals surface area (Å²) in [6.07, 6.45) is 2.46. The van der Waals surface area contributed by atoms with Gasteiger partial charge in [0.05, 0.1) is 0 Å². The normalized spacial score (nSPS) is 11.1. The molecular formula is C15H14ClN3. The van der Waals surface area contributed by atoms with E-state index in [9.17, 15) is 0 Å². The highest BCUT2D eigenvalue weighted by atomic mass is 35.5. The topological polar surface area (TPSA) is 41.6 Å². The third kappa shape index (κ3) is 2.34. The standard InChI is InChI=1S/C15H14ClN3/c1-9-10(2)18-14-4-3-11(8-13(9)14)7-12-5-6-17-15(16)19-12/h3-6,8,18H,7H2,1-2H3. The second-order valence-electron chi connectivity index (χ2n) is 4.75. The van der Waals surface area contributed by atoms with Crippen molar-refractivity contribution in [1.29, 1.82) is 0 Å². The van der Waals surface area contributed by atoms with E-state index >= 15 is 0 Å². The van der Waals surface area contributed by atoms with Gasteiger partial charge in [-0.2, -0.15) is 0 Å². The Balaban J connectivity index is 1.99. The molecule has 1 N–H and O–H groups in total. The molecule has 0 aliphatic rings. The molecule has 0 saturated carbocycles. The Kier molecular flexibility index (Phi) is 2.99. The van der Waals surface area contributed by atoms with Crippen LogP contribution in [0.4, 0.5) is 0 Å². The fourth-order valence-corrected chi connectivity index (χ4v) is 2.46. The van der Waals surface area contributed by atoms with Gasteiger partial charge in [0, 0.05) is 34.9 Å². The Labute approximate surface area is 116 Å². The molecule has 1 aromatic carbocycles. The summed E-state index contributed by atoms with van der Waals surface area (Å²) < 4.78 is 0. The minimum absolute atomic E-state index is 0.298. The van der Waals surface area contributed by atoms with Crippen LogP contribution in [0.5, 0.6) is 0 Å². The number of fused-ring (bicyclic) bond motifs is 1. The molecule has 2 heterocycles. The first kappa shape index (κ1) is 12.2. The first-order chi connectivity index (χ1) is 9.13. The molecule has 0 bridgehead atoms. The summed E-state index contributed by atoms with van der Waals surface area (Å²) in [5.74, 6) is 0. The van der Waals surface area contributed by atoms with Crippen LogP contribution in [-0.2, 0) is 6.42 Å². The van der Waals surface area contributed by atoms with E-state index in [4.69, 9.17) is 11.6 Å². The van der Waals surface area contributed by atoms with Crippen molar-refractivity contribution in [2.75, 3.05) is 0 Å². The zero-order chi connectivity index (χ0) is 13.4. The fourth-order valence-electron chi connectivity index (χ4n) is 2.30. The number of H-pyrrole nitrogens is 1. The number of aromatic nitrogens is 3. The molecule has 3 nitrogen and oxygen atoms in total. The summed E-state index contributed by atoms with van der Waals surface area (Å²) >= 11 is 5.81. The third-order valence-corrected chi connectivity index (χ3v) is 3.62. The predicted molar refractivity (Wildman–Crippen MR) is 77.6 cm³/mol. The zero-order valence-electron chi connectivity index (χ0n) is 10.9. The van der Waals surface area contributed by atoms with Crippen LogP contribution in [-0.4, -0.2) is 15.0 Å². The number of halogens is 1. The van der Waals surface area contributed by atoms with Gasteiger partial charge in [-0.1, -0.05) is 6.07 Å². The zero-order valence-corrected chi connectivity index (χ0v) is 11.6. The predicted octanol–water partition coefficient (Wildman–Crippen LogP) is 3.82. The van der Waals surface area contributed by atoms with E-state index < -0.39 is 0 Å². The van der Waals surface area contributed by atoms with Crippen molar-refractivity contribution in [3.63, 3.8) is 0 Å². The van der Waals surface area contributed by atoms with E-state index in [1.807, 2.05) is 6.07 Å². The highest BCUT2D eigenvalue weighted by Crippen LogP contribution is 2.23. The summed E-state index contributed by atoms with van der Waals surface area (Å²) in [7, 11) is 0. The van der Waals surface area contributed by atoms with E-state index in [1.165, 1.54) is 27.7 Å². The number of hydrogen-bond acceptors (Lipinski definition) is 2. The van der Waals surface area contributed by atoms with Crippen LogP contribution < -0.4 is 0 Å². The van der Waals surface area contributed by atoms with Gasteiger partial charge in [-0.05, 0) is 54.8 Å². The van der Waals surface area contributed by atoms with Crippen molar-refractivity contribution in [2.24, 2.45) is 0 Å². The van der Waals surface area contributed by atoms with Crippen molar-refractivity contribution in [1.82, 2.24) is 15.0 Å². The lowest BCUT2D eigenvalue weighted by molar-refractivity contribution is 1.03. The molecule has 96 valence electrons. The minimum atomic E-state index is 0.298. The first-order valence-electron chi connectivity index (χ1n) is 6.19. The van der Waals surface area contributed by atoms with Crippen molar-refractivity contribution in [3.8, 4) is 0 Å². The minimum Gasteiger partial charge on any atom is -0.358 e. The van der Waals surface area contributed by atoms with Gasteiger partial charge < -0.3 is 4.98 Å². The van der Waals surface area contributed by atoms with E-state index in [0.717, 1.165) is 12.1 Å². The number of aromatic amines is 1. The number of hydrogen-bond donors (Lipinski definition) is 1. The largest absolute Gasteiger partial charge is 0.358 e. The van der Waals surface area contributed by atoms with Crippen molar-refractivity contribution >= 4 is 22.5 Å². The monoisotopic (exact) mass is 271 g/mol. The van der Waals surface area contributed by atoms with Gasteiger partial charge in [0.2, 0.25) is 5.28 Å². The Bertz CT molecular complexity index is 746. The van der Waals surface area contributed by atoms with Crippen LogP contribution in [0, 0.1) is 13.8 Å². The molecule has 0 aliphatic carbocycles. The lowest BCUT2D eigenvalue weighted by atomic mass is 10.1. The molecule has 3 aromatic rings. The van der Waals surface area contributed by atoms with Crippen LogP contribution in [0.3, 0.4) is 0 Å². The van der Waals surface area contributed by atoms with Crippen LogP contribution in [0.15, 0.2) is 30.5 Å². The molecule has 0 fully saturated rings. The Morgan fingerprint density at radius 2 is 2.05 bits per heavy atom. The Morgan fingerprint density at radius 1 is 1.21 bits per heavy atom. The maximum Gasteiger partial charge on any atom is 0.222 e. The van der Waals surface area contributed by atoms with Crippen molar-refractivity contribution in [2.45, 2.75) is 20.3 Å². The van der Waals surface area contributed by atoms with Crippen molar-refractivity contribution < 1.29 is 0 Å². The Morgan fingerprint density at radius 3 is 2.84 bits per heavy atom. The van der Waals surface area contributed by atoms with E-state index in [2.05, 4.69) is 47.0 Å². The second-order valence-corrected chi connectivity index (χ2v) is 5.09. The molecule has 0 saturated heterocycles. The van der Waals surface area contributed by atoms with Crippen molar-refractivity contribution in [3.05, 3.63) is 58.3 Å². The van der Waals surface area contributed by atoms with Crippen LogP contribution in [0.1, 0.15) is 22.5 Å². The van der Waals surface area contributed by atoms with Gasteiger partial charge in [-0.15, -0.1) is 0 Å². The summed E-state index contributed by atoms with van der Waals surface area (Å²) in [6, 6.07) is 8.34. The van der Waals surface area contributed by atoms with Gasteiger partial charge in [-0.25, -0.2) is 9.97 Å². The molecule has 3 rings (SSSR count). The molecule has 2 aromatic heterocycles. The lowest BCUT2D eigenvalue weighted by Gasteiger charge is -2.02. The Hall–Kier alpha value is -1.87. The summed E-state index contributed by atoms with van der Waals surface area (Å²) in [4.78, 5) is 11.5. The smallest absolute Gasteiger partial charge is 0.222 e. The number of nitrogens with zero attached hydrogens (tertiary/aromatic N) is 2. The van der Waals surface area contributed by atoms with Crippen LogP contribution in [0.2, 0.25) is 5.28 Å². The van der Waals surface area contributed by atoms with Gasteiger partial charge in [0.25, 0.3) is 0 Å². The maximum atomic E-state index is 5.81.